The molecule has 0 spiro atoms. The van der Waals surface area contributed by atoms with Gasteiger partial charge in [0.1, 0.15) is 5.75 Å². The lowest BCUT2D eigenvalue weighted by molar-refractivity contribution is 0.378. The Morgan fingerprint density at radius 2 is 1.80 bits per heavy atom. The fourth-order valence-corrected chi connectivity index (χ4v) is 3.21. The molecule has 0 amide bonds. The van der Waals surface area contributed by atoms with Crippen molar-refractivity contribution in [2.24, 2.45) is 0 Å². The summed E-state index contributed by atoms with van der Waals surface area (Å²) in [5.41, 5.74) is 1.24. The van der Waals surface area contributed by atoms with Crippen LogP contribution >= 0.6 is 28.3 Å². The quantitative estimate of drug-likeness (QED) is 0.806. The van der Waals surface area contributed by atoms with Gasteiger partial charge in [-0.25, -0.2) is 0 Å². The molecule has 1 saturated carbocycles. The summed E-state index contributed by atoms with van der Waals surface area (Å²) in [5.74, 6) is 0.974. The summed E-state index contributed by atoms with van der Waals surface area (Å²) in [6.45, 7) is 0.896. The number of hydrogen-bond acceptors (Lipinski definition) is 2. The van der Waals surface area contributed by atoms with E-state index in [2.05, 4.69) is 27.3 Å². The van der Waals surface area contributed by atoms with Crippen molar-refractivity contribution in [3.05, 3.63) is 28.2 Å². The summed E-state index contributed by atoms with van der Waals surface area (Å²) in [6.07, 6.45) is 9.59. The third-order valence-electron chi connectivity index (χ3n) is 3.93. The number of methoxy groups -OCH3 is 1. The summed E-state index contributed by atoms with van der Waals surface area (Å²) in [4.78, 5) is 0. The second kappa shape index (κ2) is 9.64. The second-order valence-corrected chi connectivity index (χ2v) is 6.29. The van der Waals surface area contributed by atoms with Gasteiger partial charge in [-0.3, -0.25) is 0 Å². The van der Waals surface area contributed by atoms with E-state index >= 15 is 0 Å². The minimum Gasteiger partial charge on any atom is -0.496 e. The van der Waals surface area contributed by atoms with Crippen molar-refractivity contribution in [1.82, 2.24) is 5.32 Å². The van der Waals surface area contributed by atoms with Crippen LogP contribution in [0.3, 0.4) is 0 Å². The van der Waals surface area contributed by atoms with E-state index < -0.39 is 0 Å². The van der Waals surface area contributed by atoms with Gasteiger partial charge in [0.2, 0.25) is 0 Å². The average Bonchev–Trinajstić information content (AvgIpc) is 2.37. The van der Waals surface area contributed by atoms with Crippen LogP contribution in [0.5, 0.6) is 5.75 Å². The molecule has 0 atom stereocenters. The van der Waals surface area contributed by atoms with Crippen LogP contribution in [0.4, 0.5) is 0 Å². The minimum atomic E-state index is 0. The predicted molar refractivity (Wildman–Crippen MR) is 90.9 cm³/mol. The van der Waals surface area contributed by atoms with Crippen molar-refractivity contribution in [1.29, 1.82) is 0 Å². The normalized spacial score (nSPS) is 16.9. The summed E-state index contributed by atoms with van der Waals surface area (Å²) < 4.78 is 6.54. The highest BCUT2D eigenvalue weighted by Gasteiger charge is 2.12. The average molecular weight is 363 g/mol. The lowest BCUT2D eigenvalue weighted by Crippen LogP contribution is -2.29. The molecule has 2 nitrogen and oxygen atoms in total. The van der Waals surface area contributed by atoms with Crippen LogP contribution < -0.4 is 10.1 Å². The third kappa shape index (κ3) is 5.63. The van der Waals surface area contributed by atoms with Crippen LogP contribution in [0.25, 0.3) is 0 Å². The fourth-order valence-electron chi connectivity index (χ4n) is 2.80. The van der Waals surface area contributed by atoms with Crippen molar-refractivity contribution >= 4 is 28.3 Å². The van der Waals surface area contributed by atoms with Gasteiger partial charge in [-0.1, -0.05) is 48.0 Å². The molecule has 0 aromatic heterocycles. The minimum absolute atomic E-state index is 0. The van der Waals surface area contributed by atoms with Gasteiger partial charge in [0, 0.05) is 22.6 Å². The van der Waals surface area contributed by atoms with E-state index in [0.29, 0.717) is 6.04 Å². The van der Waals surface area contributed by atoms with Crippen molar-refractivity contribution in [2.75, 3.05) is 7.11 Å². The first-order valence-electron chi connectivity index (χ1n) is 7.35. The zero-order valence-corrected chi connectivity index (χ0v) is 14.6. The van der Waals surface area contributed by atoms with Gasteiger partial charge in [-0.2, -0.15) is 0 Å². The molecule has 1 aliphatic carbocycles. The Morgan fingerprint density at radius 3 is 2.45 bits per heavy atom. The van der Waals surface area contributed by atoms with Crippen molar-refractivity contribution in [3.8, 4) is 5.75 Å². The Balaban J connectivity index is 0.00000200. The molecule has 0 heterocycles. The summed E-state index contributed by atoms with van der Waals surface area (Å²) in [7, 11) is 1.74. The second-order valence-electron chi connectivity index (χ2n) is 5.38. The molecular formula is C16H25BrClNO. The predicted octanol–water partition coefficient (Wildman–Crippen LogP) is 5.08. The topological polar surface area (TPSA) is 21.3 Å². The highest BCUT2D eigenvalue weighted by atomic mass is 79.9. The van der Waals surface area contributed by atoms with Gasteiger partial charge >= 0.3 is 0 Å². The SMILES string of the molecule is COc1ccc(Br)cc1CNC1CCCCCCC1.Cl. The van der Waals surface area contributed by atoms with Crippen LogP contribution in [-0.4, -0.2) is 13.2 Å². The Bertz CT molecular complexity index is 392. The highest BCUT2D eigenvalue weighted by molar-refractivity contribution is 9.10. The first kappa shape index (κ1) is 17.8. The highest BCUT2D eigenvalue weighted by Crippen LogP contribution is 2.24. The van der Waals surface area contributed by atoms with E-state index in [0.717, 1.165) is 16.8 Å². The van der Waals surface area contributed by atoms with Crippen molar-refractivity contribution in [3.63, 3.8) is 0 Å². The molecule has 1 aliphatic rings. The number of nitrogens with one attached hydrogen (secondary N) is 1. The summed E-state index contributed by atoms with van der Waals surface area (Å²) in [6, 6.07) is 6.87. The molecule has 20 heavy (non-hydrogen) atoms. The van der Waals surface area contributed by atoms with E-state index in [-0.39, 0.29) is 12.4 Å². The van der Waals surface area contributed by atoms with Gasteiger partial charge in [0.15, 0.2) is 0 Å². The molecule has 4 heteroatoms. The monoisotopic (exact) mass is 361 g/mol. The standard InChI is InChI=1S/C16H24BrNO.ClH/c1-19-16-10-9-14(17)11-13(16)12-18-15-7-5-3-2-4-6-8-15;/h9-11,15,18H,2-8,12H2,1H3;1H. The Hall–Kier alpha value is -0.250. The van der Waals surface area contributed by atoms with Crippen LogP contribution in [0.15, 0.2) is 22.7 Å². The number of benzene rings is 1. The largest absolute Gasteiger partial charge is 0.496 e. The maximum Gasteiger partial charge on any atom is 0.123 e. The Morgan fingerprint density at radius 1 is 1.15 bits per heavy atom. The fraction of sp³-hybridized carbons (Fsp3) is 0.625. The lowest BCUT2D eigenvalue weighted by atomic mass is 9.96. The van der Waals surface area contributed by atoms with Crippen LogP contribution in [0.2, 0.25) is 0 Å². The van der Waals surface area contributed by atoms with Crippen molar-refractivity contribution < 1.29 is 4.74 Å². The Labute approximate surface area is 137 Å². The van der Waals surface area contributed by atoms with Gasteiger partial charge in [-0.05, 0) is 31.0 Å². The molecule has 0 aliphatic heterocycles. The van der Waals surface area contributed by atoms with Crippen LogP contribution in [0.1, 0.15) is 50.5 Å². The zero-order chi connectivity index (χ0) is 13.5. The molecule has 2 rings (SSSR count). The number of ether oxygens (including phenoxy) is 1. The van der Waals surface area contributed by atoms with E-state index in [1.807, 2.05) is 12.1 Å². The molecule has 1 aromatic carbocycles. The lowest BCUT2D eigenvalue weighted by Gasteiger charge is -2.21. The molecule has 114 valence electrons. The smallest absolute Gasteiger partial charge is 0.123 e. The van der Waals surface area contributed by atoms with E-state index in [1.54, 1.807) is 7.11 Å². The van der Waals surface area contributed by atoms with E-state index in [1.165, 1.54) is 50.5 Å². The van der Waals surface area contributed by atoms with Gasteiger partial charge in [0.05, 0.1) is 7.11 Å². The van der Waals surface area contributed by atoms with Crippen LogP contribution in [0, 0.1) is 0 Å². The molecule has 1 fully saturated rings. The molecule has 0 bridgehead atoms. The van der Waals surface area contributed by atoms with Gasteiger partial charge in [0.25, 0.3) is 0 Å². The first-order chi connectivity index (χ1) is 9.29. The van der Waals surface area contributed by atoms with Gasteiger partial charge < -0.3 is 10.1 Å². The first-order valence-corrected chi connectivity index (χ1v) is 8.14. The molecule has 0 radical (unpaired) electrons. The molecule has 0 unspecified atom stereocenters. The summed E-state index contributed by atoms with van der Waals surface area (Å²) in [5, 5.41) is 3.71. The number of rotatable bonds is 4. The molecule has 1 aromatic rings. The maximum atomic E-state index is 5.42. The van der Waals surface area contributed by atoms with Crippen LogP contribution in [-0.2, 0) is 6.54 Å². The number of halogens is 2. The molecule has 0 saturated heterocycles. The van der Waals surface area contributed by atoms with Gasteiger partial charge in [-0.15, -0.1) is 12.4 Å². The van der Waals surface area contributed by atoms with Crippen molar-refractivity contribution in [2.45, 2.75) is 57.5 Å². The van der Waals surface area contributed by atoms with E-state index in [9.17, 15) is 0 Å². The Kier molecular flexibility index (Phi) is 8.58. The van der Waals surface area contributed by atoms with E-state index in [4.69, 9.17) is 4.74 Å². The molecular weight excluding hydrogens is 338 g/mol. The maximum absolute atomic E-state index is 5.42. The molecule has 1 N–H and O–H groups in total. The number of hydrogen-bond donors (Lipinski definition) is 1. The third-order valence-corrected chi connectivity index (χ3v) is 4.42. The summed E-state index contributed by atoms with van der Waals surface area (Å²) >= 11 is 3.53. The zero-order valence-electron chi connectivity index (χ0n) is 12.2.